The number of hydrogen-bond donors (Lipinski definition) is 1. The second-order valence-corrected chi connectivity index (χ2v) is 5.38. The van der Waals surface area contributed by atoms with Crippen LogP contribution >= 0.6 is 0 Å². The van der Waals surface area contributed by atoms with E-state index in [1.165, 1.54) is 0 Å². The Morgan fingerprint density at radius 1 is 1.09 bits per heavy atom. The van der Waals surface area contributed by atoms with Crippen LogP contribution in [-0.4, -0.2) is 43.1 Å². The fourth-order valence-electron chi connectivity index (χ4n) is 2.61. The van der Waals surface area contributed by atoms with E-state index in [4.69, 9.17) is 14.2 Å². The summed E-state index contributed by atoms with van der Waals surface area (Å²) < 4.78 is 16.1. The highest BCUT2D eigenvalue weighted by atomic mass is 16.7. The van der Waals surface area contributed by atoms with Gasteiger partial charge in [0.2, 0.25) is 12.7 Å². The minimum absolute atomic E-state index is 0.293. The lowest BCUT2D eigenvalue weighted by atomic mass is 10.2. The number of nitrogens with zero attached hydrogens (tertiary/aromatic N) is 3. The molecule has 7 nitrogen and oxygen atoms in total. The monoisotopic (exact) mass is 314 g/mol. The maximum atomic E-state index is 5.40. The van der Waals surface area contributed by atoms with Crippen LogP contribution in [0.2, 0.25) is 0 Å². The largest absolute Gasteiger partial charge is 0.454 e. The van der Waals surface area contributed by atoms with E-state index in [-0.39, 0.29) is 0 Å². The Bertz CT molecular complexity index is 689. The Labute approximate surface area is 134 Å². The number of benzene rings is 1. The molecule has 0 unspecified atom stereocenters. The highest BCUT2D eigenvalue weighted by Crippen LogP contribution is 2.32. The second-order valence-electron chi connectivity index (χ2n) is 5.38. The smallest absolute Gasteiger partial charge is 0.231 e. The predicted octanol–water partition coefficient (Wildman–Crippen LogP) is 1.65. The van der Waals surface area contributed by atoms with Crippen molar-refractivity contribution in [2.24, 2.45) is 0 Å². The zero-order chi connectivity index (χ0) is 15.5. The van der Waals surface area contributed by atoms with Gasteiger partial charge in [0.05, 0.1) is 13.2 Å². The van der Waals surface area contributed by atoms with E-state index in [0.717, 1.165) is 55.1 Å². The molecule has 1 saturated heterocycles. The van der Waals surface area contributed by atoms with Crippen LogP contribution in [0.15, 0.2) is 30.5 Å². The maximum absolute atomic E-state index is 5.40. The first-order valence-corrected chi connectivity index (χ1v) is 7.67. The van der Waals surface area contributed by atoms with Crippen molar-refractivity contribution < 1.29 is 14.2 Å². The van der Waals surface area contributed by atoms with Gasteiger partial charge >= 0.3 is 0 Å². The highest BCUT2D eigenvalue weighted by molar-refractivity contribution is 5.46. The molecule has 1 fully saturated rings. The highest BCUT2D eigenvalue weighted by Gasteiger charge is 2.15. The van der Waals surface area contributed by atoms with E-state index in [9.17, 15) is 0 Å². The predicted molar refractivity (Wildman–Crippen MR) is 85.0 cm³/mol. The van der Waals surface area contributed by atoms with Gasteiger partial charge in [-0.1, -0.05) is 6.07 Å². The molecule has 1 aromatic heterocycles. The van der Waals surface area contributed by atoms with Crippen LogP contribution in [-0.2, 0) is 11.3 Å². The Kier molecular flexibility index (Phi) is 3.85. The molecule has 2 aromatic rings. The van der Waals surface area contributed by atoms with Crippen molar-refractivity contribution in [1.82, 2.24) is 9.97 Å². The quantitative estimate of drug-likeness (QED) is 0.920. The lowest BCUT2D eigenvalue weighted by molar-refractivity contribution is 0.122. The molecule has 2 aliphatic heterocycles. The molecule has 7 heteroatoms. The van der Waals surface area contributed by atoms with E-state index in [2.05, 4.69) is 20.2 Å². The molecule has 0 amide bonds. The van der Waals surface area contributed by atoms with Crippen LogP contribution in [0.3, 0.4) is 0 Å². The number of ether oxygens (including phenoxy) is 3. The summed E-state index contributed by atoms with van der Waals surface area (Å²) in [6.07, 6.45) is 1.78. The molecule has 0 bridgehead atoms. The van der Waals surface area contributed by atoms with Gasteiger partial charge < -0.3 is 24.4 Å². The average molecular weight is 314 g/mol. The third-order valence-corrected chi connectivity index (χ3v) is 3.85. The van der Waals surface area contributed by atoms with Crippen molar-refractivity contribution in [3.63, 3.8) is 0 Å². The van der Waals surface area contributed by atoms with E-state index in [0.29, 0.717) is 13.3 Å². The van der Waals surface area contributed by atoms with Gasteiger partial charge in [0.25, 0.3) is 0 Å². The first kappa shape index (κ1) is 14.1. The maximum Gasteiger partial charge on any atom is 0.231 e. The molecule has 1 N–H and O–H groups in total. The number of hydrogen-bond acceptors (Lipinski definition) is 7. The van der Waals surface area contributed by atoms with E-state index in [1.807, 2.05) is 24.3 Å². The minimum Gasteiger partial charge on any atom is -0.454 e. The van der Waals surface area contributed by atoms with Gasteiger partial charge in [-0.25, -0.2) is 4.98 Å². The first-order chi connectivity index (χ1) is 11.4. The molecule has 0 spiro atoms. The molecule has 120 valence electrons. The Morgan fingerprint density at radius 2 is 1.96 bits per heavy atom. The van der Waals surface area contributed by atoms with Gasteiger partial charge in [0, 0.05) is 25.8 Å². The molecule has 4 rings (SSSR count). The van der Waals surface area contributed by atoms with E-state index >= 15 is 0 Å². The Balaban J connectivity index is 1.42. The van der Waals surface area contributed by atoms with Crippen molar-refractivity contribution in [3.8, 4) is 11.5 Å². The third kappa shape index (κ3) is 3.14. The summed E-state index contributed by atoms with van der Waals surface area (Å²) in [5.74, 6) is 3.13. The van der Waals surface area contributed by atoms with Gasteiger partial charge in [0.15, 0.2) is 11.5 Å². The van der Waals surface area contributed by atoms with Crippen LogP contribution in [0, 0.1) is 0 Å². The van der Waals surface area contributed by atoms with Crippen LogP contribution in [0.25, 0.3) is 0 Å². The zero-order valence-electron chi connectivity index (χ0n) is 12.7. The summed E-state index contributed by atoms with van der Waals surface area (Å²) in [5, 5.41) is 3.33. The number of rotatable bonds is 4. The molecule has 1 aromatic carbocycles. The van der Waals surface area contributed by atoms with Gasteiger partial charge in [0.1, 0.15) is 5.82 Å². The normalized spacial score (nSPS) is 16.4. The average Bonchev–Trinajstić information content (AvgIpc) is 3.09. The van der Waals surface area contributed by atoms with Crippen LogP contribution in [0.5, 0.6) is 11.5 Å². The number of nitrogens with one attached hydrogen (secondary N) is 1. The number of fused-ring (bicyclic) bond motifs is 1. The second kappa shape index (κ2) is 6.29. The Hall–Kier alpha value is -2.54. The summed E-state index contributed by atoms with van der Waals surface area (Å²) in [6.45, 7) is 4.05. The standard InChI is InChI=1S/C16H18N4O3/c1-2-13-14(23-11-22-13)9-12(1)10-18-15-3-4-17-16(19-15)20-5-7-21-8-6-20/h1-4,9H,5-8,10-11H2,(H,17,18,19). The van der Waals surface area contributed by atoms with Crippen LogP contribution in [0.4, 0.5) is 11.8 Å². The molecule has 2 aliphatic rings. The summed E-state index contributed by atoms with van der Waals surface area (Å²) in [4.78, 5) is 11.1. The minimum atomic E-state index is 0.293. The molecule has 0 atom stereocenters. The summed E-state index contributed by atoms with van der Waals surface area (Å²) in [7, 11) is 0. The van der Waals surface area contributed by atoms with Crippen molar-refractivity contribution in [2.75, 3.05) is 43.3 Å². The van der Waals surface area contributed by atoms with Crippen molar-refractivity contribution >= 4 is 11.8 Å². The molecular weight excluding hydrogens is 296 g/mol. The lowest BCUT2D eigenvalue weighted by Crippen LogP contribution is -2.37. The first-order valence-electron chi connectivity index (χ1n) is 7.67. The van der Waals surface area contributed by atoms with E-state index < -0.39 is 0 Å². The van der Waals surface area contributed by atoms with Crippen molar-refractivity contribution in [1.29, 1.82) is 0 Å². The zero-order valence-corrected chi connectivity index (χ0v) is 12.7. The molecular formula is C16H18N4O3. The SMILES string of the molecule is c1cc(NCc2ccc3c(c2)OCO3)nc(N2CCOCC2)n1. The number of morpholine rings is 1. The Morgan fingerprint density at radius 3 is 2.87 bits per heavy atom. The van der Waals surface area contributed by atoms with Crippen molar-refractivity contribution in [3.05, 3.63) is 36.0 Å². The topological polar surface area (TPSA) is 68.7 Å². The van der Waals surface area contributed by atoms with Gasteiger partial charge in [-0.3, -0.25) is 0 Å². The van der Waals surface area contributed by atoms with Crippen LogP contribution in [0.1, 0.15) is 5.56 Å². The van der Waals surface area contributed by atoms with Crippen LogP contribution < -0.4 is 19.7 Å². The third-order valence-electron chi connectivity index (χ3n) is 3.85. The summed E-state index contributed by atoms with van der Waals surface area (Å²) in [5.41, 5.74) is 1.11. The molecule has 0 radical (unpaired) electrons. The van der Waals surface area contributed by atoms with Crippen molar-refractivity contribution in [2.45, 2.75) is 6.54 Å². The van der Waals surface area contributed by atoms with Gasteiger partial charge in [-0.2, -0.15) is 4.98 Å². The molecule has 23 heavy (non-hydrogen) atoms. The van der Waals surface area contributed by atoms with E-state index in [1.54, 1.807) is 6.20 Å². The number of anilines is 2. The van der Waals surface area contributed by atoms with Gasteiger partial charge in [-0.15, -0.1) is 0 Å². The summed E-state index contributed by atoms with van der Waals surface area (Å²) in [6, 6.07) is 7.80. The molecule has 3 heterocycles. The van der Waals surface area contributed by atoms with Gasteiger partial charge in [-0.05, 0) is 23.8 Å². The molecule has 0 saturated carbocycles. The lowest BCUT2D eigenvalue weighted by Gasteiger charge is -2.26. The molecule has 0 aliphatic carbocycles. The number of aromatic nitrogens is 2. The summed E-state index contributed by atoms with van der Waals surface area (Å²) >= 11 is 0. The fourth-order valence-corrected chi connectivity index (χ4v) is 2.61. The fraction of sp³-hybridized carbons (Fsp3) is 0.375.